The standard InChI is InChI=1S/C22H22N2O6/c1-27-15-11-14(12-16(13-15)28-2)21(25)23-19-17-5-3-4-6-18(17)30-20(19)22(26)24-7-9-29-10-8-24/h3-6,11-13H,7-10H2,1-2H3,(H,23,25). The predicted octanol–water partition coefficient (Wildman–Crippen LogP) is 3.17. The first-order valence-corrected chi connectivity index (χ1v) is 9.53. The van der Waals surface area contributed by atoms with Gasteiger partial charge >= 0.3 is 0 Å². The quantitative estimate of drug-likeness (QED) is 0.695. The van der Waals surface area contributed by atoms with E-state index >= 15 is 0 Å². The van der Waals surface area contributed by atoms with Gasteiger partial charge in [0.2, 0.25) is 5.76 Å². The lowest BCUT2D eigenvalue weighted by Gasteiger charge is -2.26. The first-order valence-electron chi connectivity index (χ1n) is 9.53. The summed E-state index contributed by atoms with van der Waals surface area (Å²) >= 11 is 0. The number of hydrogen-bond donors (Lipinski definition) is 1. The van der Waals surface area contributed by atoms with Gasteiger partial charge in [0.15, 0.2) is 0 Å². The van der Waals surface area contributed by atoms with E-state index in [2.05, 4.69) is 5.32 Å². The Morgan fingerprint density at radius 3 is 2.33 bits per heavy atom. The van der Waals surface area contributed by atoms with Gasteiger partial charge in [0.1, 0.15) is 22.8 Å². The summed E-state index contributed by atoms with van der Waals surface area (Å²) in [6.07, 6.45) is 0. The van der Waals surface area contributed by atoms with Crippen molar-refractivity contribution in [3.8, 4) is 11.5 Å². The highest BCUT2D eigenvalue weighted by Gasteiger charge is 2.28. The number of rotatable bonds is 5. The summed E-state index contributed by atoms with van der Waals surface area (Å²) in [7, 11) is 3.03. The second-order valence-corrected chi connectivity index (χ2v) is 6.76. The number of ether oxygens (including phenoxy) is 3. The third kappa shape index (κ3) is 3.81. The molecule has 0 unspecified atom stereocenters. The van der Waals surface area contributed by atoms with Crippen molar-refractivity contribution >= 4 is 28.5 Å². The molecule has 2 aromatic carbocycles. The molecule has 1 fully saturated rings. The molecule has 4 rings (SSSR count). The minimum absolute atomic E-state index is 0.0984. The SMILES string of the molecule is COc1cc(OC)cc(C(=O)Nc2c(C(=O)N3CCOCC3)oc3ccccc23)c1. The van der Waals surface area contributed by atoms with Crippen LogP contribution in [0.5, 0.6) is 11.5 Å². The van der Waals surface area contributed by atoms with E-state index in [0.29, 0.717) is 60.0 Å². The van der Waals surface area contributed by atoms with Crippen molar-refractivity contribution in [2.24, 2.45) is 0 Å². The Bertz CT molecular complexity index is 1060. The average molecular weight is 410 g/mol. The van der Waals surface area contributed by atoms with Crippen LogP contribution in [0.4, 0.5) is 5.69 Å². The molecule has 0 aliphatic carbocycles. The molecule has 1 aliphatic heterocycles. The second kappa shape index (κ2) is 8.46. The van der Waals surface area contributed by atoms with Crippen LogP contribution in [0.1, 0.15) is 20.9 Å². The predicted molar refractivity (Wildman–Crippen MR) is 110 cm³/mol. The van der Waals surface area contributed by atoms with Gasteiger partial charge in [0.05, 0.1) is 27.4 Å². The van der Waals surface area contributed by atoms with E-state index in [1.165, 1.54) is 14.2 Å². The summed E-state index contributed by atoms with van der Waals surface area (Å²) in [5.74, 6) is 0.381. The maximum atomic E-state index is 13.1. The summed E-state index contributed by atoms with van der Waals surface area (Å²) < 4.78 is 21.7. The molecule has 1 aromatic heterocycles. The lowest BCUT2D eigenvalue weighted by molar-refractivity contribution is 0.0285. The molecule has 1 saturated heterocycles. The summed E-state index contributed by atoms with van der Waals surface area (Å²) in [5.41, 5.74) is 1.20. The number of morpholine rings is 1. The number of amides is 2. The number of methoxy groups -OCH3 is 2. The van der Waals surface area contributed by atoms with E-state index in [1.807, 2.05) is 12.1 Å². The third-order valence-electron chi connectivity index (χ3n) is 4.94. The normalized spacial score (nSPS) is 13.9. The molecular formula is C22H22N2O6. The maximum Gasteiger partial charge on any atom is 0.291 e. The highest BCUT2D eigenvalue weighted by molar-refractivity contribution is 6.14. The summed E-state index contributed by atoms with van der Waals surface area (Å²) in [6.45, 7) is 1.88. The topological polar surface area (TPSA) is 90.2 Å². The Hall–Kier alpha value is -3.52. The van der Waals surface area contributed by atoms with Gasteiger partial charge in [-0.3, -0.25) is 9.59 Å². The second-order valence-electron chi connectivity index (χ2n) is 6.76. The molecule has 3 aromatic rings. The minimum atomic E-state index is -0.408. The molecule has 8 heteroatoms. The molecule has 0 bridgehead atoms. The van der Waals surface area contributed by atoms with Crippen molar-refractivity contribution in [2.45, 2.75) is 0 Å². The summed E-state index contributed by atoms with van der Waals surface area (Å²) in [6, 6.07) is 12.1. The van der Waals surface area contributed by atoms with Gasteiger partial charge in [-0.05, 0) is 24.3 Å². The van der Waals surface area contributed by atoms with E-state index < -0.39 is 5.91 Å². The largest absolute Gasteiger partial charge is 0.497 e. The van der Waals surface area contributed by atoms with E-state index in [0.717, 1.165) is 0 Å². The molecular weight excluding hydrogens is 388 g/mol. The van der Waals surface area contributed by atoms with Crippen LogP contribution in [0.15, 0.2) is 46.9 Å². The van der Waals surface area contributed by atoms with Gasteiger partial charge in [0.25, 0.3) is 11.8 Å². The molecule has 2 heterocycles. The van der Waals surface area contributed by atoms with Crippen molar-refractivity contribution in [1.82, 2.24) is 4.90 Å². The molecule has 2 amide bonds. The summed E-state index contributed by atoms with van der Waals surface area (Å²) in [4.78, 5) is 27.8. The third-order valence-corrected chi connectivity index (χ3v) is 4.94. The Morgan fingerprint density at radius 2 is 1.67 bits per heavy atom. The van der Waals surface area contributed by atoms with Crippen molar-refractivity contribution in [3.63, 3.8) is 0 Å². The van der Waals surface area contributed by atoms with Crippen LogP contribution >= 0.6 is 0 Å². The maximum absolute atomic E-state index is 13.1. The lowest BCUT2D eigenvalue weighted by Crippen LogP contribution is -2.40. The smallest absolute Gasteiger partial charge is 0.291 e. The molecule has 1 N–H and O–H groups in total. The van der Waals surface area contributed by atoms with Crippen LogP contribution in [0.25, 0.3) is 11.0 Å². The van der Waals surface area contributed by atoms with E-state index in [1.54, 1.807) is 35.2 Å². The van der Waals surface area contributed by atoms with Crippen LogP contribution in [-0.4, -0.2) is 57.2 Å². The number of carbonyl (C=O) groups excluding carboxylic acids is 2. The van der Waals surface area contributed by atoms with Gasteiger partial charge in [-0.2, -0.15) is 0 Å². The number of para-hydroxylation sites is 1. The highest BCUT2D eigenvalue weighted by atomic mass is 16.5. The number of furan rings is 1. The highest BCUT2D eigenvalue weighted by Crippen LogP contribution is 2.33. The van der Waals surface area contributed by atoms with Crippen molar-refractivity contribution in [2.75, 3.05) is 45.8 Å². The monoisotopic (exact) mass is 410 g/mol. The number of nitrogens with zero attached hydrogens (tertiary/aromatic N) is 1. The molecule has 0 saturated carbocycles. The first-order chi connectivity index (χ1) is 14.6. The molecule has 156 valence electrons. The van der Waals surface area contributed by atoms with Gasteiger partial charge in [0, 0.05) is 30.1 Å². The van der Waals surface area contributed by atoms with Gasteiger partial charge in [-0.15, -0.1) is 0 Å². The van der Waals surface area contributed by atoms with Gasteiger partial charge < -0.3 is 28.8 Å². The zero-order valence-corrected chi connectivity index (χ0v) is 16.8. The van der Waals surface area contributed by atoms with Gasteiger partial charge in [-0.1, -0.05) is 12.1 Å². The molecule has 30 heavy (non-hydrogen) atoms. The van der Waals surface area contributed by atoms with Crippen molar-refractivity contribution in [1.29, 1.82) is 0 Å². The molecule has 0 spiro atoms. The Balaban J connectivity index is 1.71. The zero-order valence-electron chi connectivity index (χ0n) is 16.8. The van der Waals surface area contributed by atoms with Crippen LogP contribution in [0.2, 0.25) is 0 Å². The average Bonchev–Trinajstić information content (AvgIpc) is 3.17. The van der Waals surface area contributed by atoms with Crippen molar-refractivity contribution < 1.29 is 28.2 Å². The molecule has 1 aliphatic rings. The molecule has 0 atom stereocenters. The fourth-order valence-electron chi connectivity index (χ4n) is 3.35. The number of fused-ring (bicyclic) bond motifs is 1. The fraction of sp³-hybridized carbons (Fsp3) is 0.273. The lowest BCUT2D eigenvalue weighted by atomic mass is 10.1. The first kappa shape index (κ1) is 19.8. The molecule has 8 nitrogen and oxygen atoms in total. The molecule has 0 radical (unpaired) electrons. The number of hydrogen-bond acceptors (Lipinski definition) is 6. The van der Waals surface area contributed by atoms with Crippen molar-refractivity contribution in [3.05, 3.63) is 53.8 Å². The van der Waals surface area contributed by atoms with Crippen LogP contribution in [-0.2, 0) is 4.74 Å². The Labute approximate surface area is 173 Å². The van der Waals surface area contributed by atoms with Crippen LogP contribution < -0.4 is 14.8 Å². The fourth-order valence-corrected chi connectivity index (χ4v) is 3.35. The number of benzene rings is 2. The number of carbonyl (C=O) groups is 2. The van der Waals surface area contributed by atoms with Crippen LogP contribution in [0.3, 0.4) is 0 Å². The van der Waals surface area contributed by atoms with E-state index in [-0.39, 0.29) is 11.7 Å². The van der Waals surface area contributed by atoms with Crippen LogP contribution in [0, 0.1) is 0 Å². The summed E-state index contributed by atoms with van der Waals surface area (Å²) in [5, 5.41) is 3.50. The Morgan fingerprint density at radius 1 is 1.00 bits per heavy atom. The number of nitrogens with one attached hydrogen (secondary N) is 1. The van der Waals surface area contributed by atoms with E-state index in [9.17, 15) is 9.59 Å². The Kier molecular flexibility index (Phi) is 5.58. The number of anilines is 1. The zero-order chi connectivity index (χ0) is 21.1. The van der Waals surface area contributed by atoms with E-state index in [4.69, 9.17) is 18.6 Å². The van der Waals surface area contributed by atoms with Gasteiger partial charge in [-0.25, -0.2) is 0 Å². The minimum Gasteiger partial charge on any atom is -0.497 e.